The smallest absolute Gasteiger partial charge is 0.209 e. The van der Waals surface area contributed by atoms with Gasteiger partial charge in [0.1, 0.15) is 17.5 Å². The van der Waals surface area contributed by atoms with E-state index in [4.69, 9.17) is 5.73 Å². The maximum Gasteiger partial charge on any atom is 0.209 e. The summed E-state index contributed by atoms with van der Waals surface area (Å²) < 4.78 is 1.81. The van der Waals surface area contributed by atoms with E-state index in [1.54, 1.807) is 12.1 Å². The molecule has 21 heavy (non-hydrogen) atoms. The first-order valence-corrected chi connectivity index (χ1v) is 6.57. The molecule has 0 aliphatic carbocycles. The number of aromatic nitrogens is 1. The molecule has 102 valence electrons. The van der Waals surface area contributed by atoms with Crippen LogP contribution >= 0.6 is 0 Å². The number of nitrogens with zero attached hydrogens (tertiary/aromatic N) is 2. The number of hydrogen-bond acceptors (Lipinski definition) is 3. The summed E-state index contributed by atoms with van der Waals surface area (Å²) in [6.07, 6.45) is 0. The Labute approximate surface area is 121 Å². The van der Waals surface area contributed by atoms with Crippen LogP contribution in [0.25, 0.3) is 10.9 Å². The summed E-state index contributed by atoms with van der Waals surface area (Å²) in [6, 6.07) is 18.9. The second-order valence-corrected chi connectivity index (χ2v) is 4.79. The van der Waals surface area contributed by atoms with Gasteiger partial charge in [-0.25, -0.2) is 0 Å². The van der Waals surface area contributed by atoms with Crippen molar-refractivity contribution in [2.24, 2.45) is 0 Å². The standard InChI is InChI=1S/C17H13N3O/c18-10-14-16(21)13-8-4-5-9-15(13)20(17(14)19)11-12-6-2-1-3-7-12/h1-9H,11,19H2. The van der Waals surface area contributed by atoms with Crippen molar-refractivity contribution in [1.82, 2.24) is 4.57 Å². The molecule has 0 fully saturated rings. The molecular weight excluding hydrogens is 262 g/mol. The fourth-order valence-corrected chi connectivity index (χ4v) is 2.46. The molecule has 0 amide bonds. The monoisotopic (exact) mass is 275 g/mol. The highest BCUT2D eigenvalue weighted by molar-refractivity contribution is 5.83. The number of para-hydroxylation sites is 1. The first-order valence-electron chi connectivity index (χ1n) is 6.57. The zero-order chi connectivity index (χ0) is 14.8. The van der Waals surface area contributed by atoms with Crippen molar-refractivity contribution in [2.45, 2.75) is 6.54 Å². The van der Waals surface area contributed by atoms with Crippen molar-refractivity contribution < 1.29 is 0 Å². The molecule has 0 spiro atoms. The Kier molecular flexibility index (Phi) is 3.17. The Morgan fingerprint density at radius 3 is 2.43 bits per heavy atom. The van der Waals surface area contributed by atoms with Crippen molar-refractivity contribution in [3.63, 3.8) is 0 Å². The molecular formula is C17H13N3O. The lowest BCUT2D eigenvalue weighted by molar-refractivity contribution is 0.836. The number of benzene rings is 2. The van der Waals surface area contributed by atoms with Crippen LogP contribution in [0.4, 0.5) is 5.82 Å². The van der Waals surface area contributed by atoms with E-state index in [-0.39, 0.29) is 16.8 Å². The van der Waals surface area contributed by atoms with E-state index in [1.165, 1.54) is 0 Å². The lowest BCUT2D eigenvalue weighted by Crippen LogP contribution is -2.18. The molecule has 0 bridgehead atoms. The molecule has 0 unspecified atom stereocenters. The Hall–Kier alpha value is -3.06. The molecule has 0 aliphatic rings. The minimum absolute atomic E-state index is 0.00429. The molecule has 4 nitrogen and oxygen atoms in total. The van der Waals surface area contributed by atoms with Crippen molar-refractivity contribution in [3.05, 3.63) is 75.9 Å². The van der Waals surface area contributed by atoms with E-state index in [1.807, 2.05) is 53.1 Å². The maximum atomic E-state index is 12.3. The summed E-state index contributed by atoms with van der Waals surface area (Å²) in [4.78, 5) is 12.3. The molecule has 0 radical (unpaired) electrons. The Balaban J connectivity index is 2.31. The summed E-state index contributed by atoms with van der Waals surface area (Å²) in [7, 11) is 0. The van der Waals surface area contributed by atoms with Gasteiger partial charge in [-0.3, -0.25) is 4.79 Å². The predicted molar refractivity (Wildman–Crippen MR) is 82.9 cm³/mol. The van der Waals surface area contributed by atoms with Gasteiger partial charge in [0.2, 0.25) is 5.43 Å². The fourth-order valence-electron chi connectivity index (χ4n) is 2.46. The van der Waals surface area contributed by atoms with E-state index in [2.05, 4.69) is 0 Å². The van der Waals surface area contributed by atoms with Crippen LogP contribution in [-0.4, -0.2) is 4.57 Å². The highest BCUT2D eigenvalue weighted by atomic mass is 16.1. The predicted octanol–water partition coefficient (Wildman–Crippen LogP) is 2.50. The van der Waals surface area contributed by atoms with Crippen LogP contribution in [-0.2, 0) is 6.54 Å². The van der Waals surface area contributed by atoms with Crippen LogP contribution < -0.4 is 11.2 Å². The topological polar surface area (TPSA) is 71.8 Å². The summed E-state index contributed by atoms with van der Waals surface area (Å²) in [6.45, 7) is 0.516. The molecule has 4 heteroatoms. The third-order valence-corrected chi connectivity index (χ3v) is 3.51. The Morgan fingerprint density at radius 1 is 1.05 bits per heavy atom. The van der Waals surface area contributed by atoms with Crippen LogP contribution in [0, 0.1) is 11.3 Å². The van der Waals surface area contributed by atoms with Gasteiger partial charge < -0.3 is 10.3 Å². The fraction of sp³-hybridized carbons (Fsp3) is 0.0588. The molecule has 2 N–H and O–H groups in total. The molecule has 2 aromatic carbocycles. The number of rotatable bonds is 2. The van der Waals surface area contributed by atoms with Crippen LogP contribution in [0.3, 0.4) is 0 Å². The molecule has 3 aromatic rings. The van der Waals surface area contributed by atoms with Crippen LogP contribution in [0.15, 0.2) is 59.4 Å². The summed E-state index contributed by atoms with van der Waals surface area (Å²) in [5.74, 6) is 0.213. The normalized spacial score (nSPS) is 10.4. The number of nitrogens with two attached hydrogens (primary N) is 1. The van der Waals surface area contributed by atoms with Crippen molar-refractivity contribution in [2.75, 3.05) is 5.73 Å². The summed E-state index contributed by atoms with van der Waals surface area (Å²) in [5, 5.41) is 9.72. The molecule has 0 saturated carbocycles. The van der Waals surface area contributed by atoms with Gasteiger partial charge in [0.05, 0.1) is 5.52 Å². The minimum atomic E-state index is -0.310. The average molecular weight is 275 g/mol. The van der Waals surface area contributed by atoms with Crippen LogP contribution in [0.1, 0.15) is 11.1 Å². The number of anilines is 1. The third-order valence-electron chi connectivity index (χ3n) is 3.51. The van der Waals surface area contributed by atoms with Gasteiger partial charge in [-0.05, 0) is 17.7 Å². The van der Waals surface area contributed by atoms with E-state index in [0.717, 1.165) is 11.1 Å². The number of fused-ring (bicyclic) bond motifs is 1. The van der Waals surface area contributed by atoms with Crippen LogP contribution in [0.2, 0.25) is 0 Å². The maximum absolute atomic E-state index is 12.3. The van der Waals surface area contributed by atoms with Gasteiger partial charge in [0, 0.05) is 11.9 Å². The number of nitriles is 1. The van der Waals surface area contributed by atoms with Crippen molar-refractivity contribution in [3.8, 4) is 6.07 Å². The third kappa shape index (κ3) is 2.15. The summed E-state index contributed by atoms with van der Waals surface area (Å²) >= 11 is 0. The van der Waals surface area contributed by atoms with Crippen molar-refractivity contribution >= 4 is 16.7 Å². The number of nitrogen functional groups attached to an aromatic ring is 1. The second-order valence-electron chi connectivity index (χ2n) is 4.79. The highest BCUT2D eigenvalue weighted by Crippen LogP contribution is 2.19. The molecule has 1 heterocycles. The second kappa shape index (κ2) is 5.14. The zero-order valence-corrected chi connectivity index (χ0v) is 11.3. The van der Waals surface area contributed by atoms with Gasteiger partial charge in [-0.2, -0.15) is 5.26 Å². The van der Waals surface area contributed by atoms with Gasteiger partial charge >= 0.3 is 0 Å². The first kappa shape index (κ1) is 12.9. The number of hydrogen-bond donors (Lipinski definition) is 1. The minimum Gasteiger partial charge on any atom is -0.384 e. The quantitative estimate of drug-likeness (QED) is 0.781. The SMILES string of the molecule is N#Cc1c(N)n(Cc2ccccc2)c2ccccc2c1=O. The van der Waals surface area contributed by atoms with Crippen LogP contribution in [0.5, 0.6) is 0 Å². The first-order chi connectivity index (χ1) is 10.2. The highest BCUT2D eigenvalue weighted by Gasteiger charge is 2.14. The number of pyridine rings is 1. The molecule has 0 saturated heterocycles. The van der Waals surface area contributed by atoms with E-state index in [0.29, 0.717) is 11.9 Å². The van der Waals surface area contributed by atoms with E-state index in [9.17, 15) is 10.1 Å². The van der Waals surface area contributed by atoms with Gasteiger partial charge in [0.15, 0.2) is 0 Å². The van der Waals surface area contributed by atoms with Gasteiger partial charge in [-0.1, -0.05) is 42.5 Å². The molecule has 0 aliphatic heterocycles. The Morgan fingerprint density at radius 2 is 1.71 bits per heavy atom. The van der Waals surface area contributed by atoms with Gasteiger partial charge in [0.25, 0.3) is 0 Å². The summed E-state index contributed by atoms with van der Waals surface area (Å²) in [5.41, 5.74) is 7.54. The lowest BCUT2D eigenvalue weighted by Gasteiger charge is -2.15. The van der Waals surface area contributed by atoms with E-state index >= 15 is 0 Å². The lowest BCUT2D eigenvalue weighted by atomic mass is 10.1. The van der Waals surface area contributed by atoms with Crippen molar-refractivity contribution in [1.29, 1.82) is 5.26 Å². The van der Waals surface area contributed by atoms with E-state index < -0.39 is 0 Å². The zero-order valence-electron chi connectivity index (χ0n) is 11.3. The molecule has 3 rings (SSSR count). The Bertz CT molecular complexity index is 905. The molecule has 1 aromatic heterocycles. The molecule has 0 atom stereocenters. The van der Waals surface area contributed by atoms with Gasteiger partial charge in [-0.15, -0.1) is 0 Å². The largest absolute Gasteiger partial charge is 0.384 e. The average Bonchev–Trinajstić information content (AvgIpc) is 2.53.